The Kier molecular flexibility index (Phi) is 6.09. The number of hydrogen-bond donors (Lipinski definition) is 1. The van der Waals surface area contributed by atoms with Crippen LogP contribution in [0.15, 0.2) is 53.3 Å². The average Bonchev–Trinajstić information content (AvgIpc) is 3.19. The van der Waals surface area contributed by atoms with Gasteiger partial charge in [0.2, 0.25) is 5.78 Å². The van der Waals surface area contributed by atoms with Crippen molar-refractivity contribution in [2.24, 2.45) is 5.92 Å². The number of pyridine rings is 1. The van der Waals surface area contributed by atoms with Crippen molar-refractivity contribution in [2.45, 2.75) is 38.5 Å². The molecule has 2 aromatic heterocycles. The zero-order chi connectivity index (χ0) is 20.2. The van der Waals surface area contributed by atoms with Gasteiger partial charge in [0.05, 0.1) is 10.7 Å². The number of amides is 1. The Labute approximate surface area is 178 Å². The molecule has 0 saturated heterocycles. The molecular weight excluding hydrogens is 430 g/mol. The predicted molar refractivity (Wildman–Crippen MR) is 116 cm³/mol. The molecule has 150 valence electrons. The molecule has 0 unspecified atom stereocenters. The molecule has 1 amide bonds. The van der Waals surface area contributed by atoms with Gasteiger partial charge in [-0.15, -0.1) is 0 Å². The number of fused-ring (bicyclic) bond motifs is 1. The second-order valence-corrected chi connectivity index (χ2v) is 8.50. The normalized spacial score (nSPS) is 14.8. The van der Waals surface area contributed by atoms with Gasteiger partial charge in [0, 0.05) is 23.9 Å². The van der Waals surface area contributed by atoms with Crippen molar-refractivity contribution >= 4 is 33.3 Å². The molecule has 0 bridgehead atoms. The Morgan fingerprint density at radius 3 is 2.55 bits per heavy atom. The van der Waals surface area contributed by atoms with Crippen molar-refractivity contribution in [2.75, 3.05) is 6.54 Å². The first-order valence-corrected chi connectivity index (χ1v) is 11.0. The van der Waals surface area contributed by atoms with Gasteiger partial charge in [0.15, 0.2) is 5.65 Å². The SMILES string of the molecule is O=C(NCCC1CCCCC1)c1ccc(C(=O)c2cnc3c(Br)cccn23)cc1. The quantitative estimate of drug-likeness (QED) is 0.532. The van der Waals surface area contributed by atoms with Crippen LogP contribution in [-0.4, -0.2) is 27.6 Å². The first kappa shape index (κ1) is 19.8. The highest BCUT2D eigenvalue weighted by Gasteiger charge is 2.17. The summed E-state index contributed by atoms with van der Waals surface area (Å²) in [6.07, 6.45) is 11.0. The summed E-state index contributed by atoms with van der Waals surface area (Å²) in [4.78, 5) is 29.6. The topological polar surface area (TPSA) is 63.5 Å². The molecule has 1 aliphatic carbocycles. The van der Waals surface area contributed by atoms with E-state index in [1.165, 1.54) is 32.1 Å². The number of benzene rings is 1. The van der Waals surface area contributed by atoms with Gasteiger partial charge in [0.1, 0.15) is 5.69 Å². The molecule has 1 fully saturated rings. The Morgan fingerprint density at radius 2 is 1.79 bits per heavy atom. The van der Waals surface area contributed by atoms with Crippen molar-refractivity contribution in [3.63, 3.8) is 0 Å². The third-order valence-corrected chi connectivity index (χ3v) is 6.31. The van der Waals surface area contributed by atoms with Crippen LogP contribution in [0.4, 0.5) is 0 Å². The monoisotopic (exact) mass is 453 g/mol. The largest absolute Gasteiger partial charge is 0.352 e. The Morgan fingerprint density at radius 1 is 1.07 bits per heavy atom. The molecule has 29 heavy (non-hydrogen) atoms. The lowest BCUT2D eigenvalue weighted by Gasteiger charge is -2.21. The summed E-state index contributed by atoms with van der Waals surface area (Å²) in [5.74, 6) is 0.535. The number of carbonyl (C=O) groups excluding carboxylic acids is 2. The Bertz CT molecular complexity index is 1020. The lowest BCUT2D eigenvalue weighted by Crippen LogP contribution is -2.26. The van der Waals surface area contributed by atoms with E-state index in [9.17, 15) is 9.59 Å². The maximum atomic E-state index is 12.9. The zero-order valence-electron chi connectivity index (χ0n) is 16.2. The van der Waals surface area contributed by atoms with Crippen LogP contribution in [-0.2, 0) is 0 Å². The summed E-state index contributed by atoms with van der Waals surface area (Å²) < 4.78 is 2.59. The van der Waals surface area contributed by atoms with E-state index in [1.807, 2.05) is 18.3 Å². The molecule has 3 aromatic rings. The Balaban J connectivity index is 1.39. The lowest BCUT2D eigenvalue weighted by molar-refractivity contribution is 0.0948. The fraction of sp³-hybridized carbons (Fsp3) is 0.348. The number of ketones is 1. The van der Waals surface area contributed by atoms with Crippen LogP contribution in [0.1, 0.15) is 64.9 Å². The number of carbonyl (C=O) groups is 2. The van der Waals surface area contributed by atoms with Gasteiger partial charge in [-0.2, -0.15) is 0 Å². The van der Waals surface area contributed by atoms with E-state index in [4.69, 9.17) is 0 Å². The van der Waals surface area contributed by atoms with Gasteiger partial charge >= 0.3 is 0 Å². The van der Waals surface area contributed by atoms with Crippen LogP contribution >= 0.6 is 15.9 Å². The molecule has 0 spiro atoms. The number of rotatable bonds is 6. The summed E-state index contributed by atoms with van der Waals surface area (Å²) in [6.45, 7) is 0.709. The van der Waals surface area contributed by atoms with E-state index in [1.54, 1.807) is 34.9 Å². The molecule has 1 saturated carbocycles. The second-order valence-electron chi connectivity index (χ2n) is 7.65. The summed E-state index contributed by atoms with van der Waals surface area (Å²) in [6, 6.07) is 10.6. The maximum Gasteiger partial charge on any atom is 0.251 e. The minimum atomic E-state index is -0.125. The van der Waals surface area contributed by atoms with E-state index >= 15 is 0 Å². The summed E-state index contributed by atoms with van der Waals surface area (Å²) in [7, 11) is 0. The molecule has 5 nitrogen and oxygen atoms in total. The molecule has 0 radical (unpaired) electrons. The average molecular weight is 454 g/mol. The third kappa shape index (κ3) is 4.42. The minimum Gasteiger partial charge on any atom is -0.352 e. The van der Waals surface area contributed by atoms with E-state index in [0.29, 0.717) is 29.0 Å². The summed E-state index contributed by atoms with van der Waals surface area (Å²) in [5.41, 5.74) is 2.30. The number of imidazole rings is 1. The van der Waals surface area contributed by atoms with Gasteiger partial charge in [-0.05, 0) is 52.5 Å². The molecular formula is C23H24BrN3O2. The van der Waals surface area contributed by atoms with E-state index in [0.717, 1.165) is 16.8 Å². The van der Waals surface area contributed by atoms with Crippen molar-refractivity contribution in [3.8, 4) is 0 Å². The fourth-order valence-corrected chi connectivity index (χ4v) is 4.48. The van der Waals surface area contributed by atoms with Gasteiger partial charge in [-0.3, -0.25) is 14.0 Å². The van der Waals surface area contributed by atoms with Crippen LogP contribution < -0.4 is 5.32 Å². The number of hydrogen-bond acceptors (Lipinski definition) is 3. The summed E-state index contributed by atoms with van der Waals surface area (Å²) >= 11 is 3.45. The fourth-order valence-electron chi connectivity index (χ4n) is 4.03. The van der Waals surface area contributed by atoms with Crippen molar-refractivity contribution < 1.29 is 9.59 Å². The minimum absolute atomic E-state index is 0.0847. The molecule has 6 heteroatoms. The van der Waals surface area contributed by atoms with Crippen LogP contribution in [0.3, 0.4) is 0 Å². The highest BCUT2D eigenvalue weighted by molar-refractivity contribution is 9.10. The molecule has 0 aliphatic heterocycles. The Hall–Kier alpha value is -2.47. The van der Waals surface area contributed by atoms with E-state index in [2.05, 4.69) is 26.2 Å². The molecule has 0 atom stereocenters. The number of nitrogens with zero attached hydrogens (tertiary/aromatic N) is 2. The molecule has 2 heterocycles. The van der Waals surface area contributed by atoms with Gasteiger partial charge in [-0.25, -0.2) is 4.98 Å². The number of nitrogens with one attached hydrogen (secondary N) is 1. The first-order chi connectivity index (χ1) is 14.1. The molecule has 4 rings (SSSR count). The molecule has 1 aliphatic rings. The number of halogens is 1. The third-order valence-electron chi connectivity index (χ3n) is 5.69. The van der Waals surface area contributed by atoms with Crippen LogP contribution in [0.5, 0.6) is 0 Å². The van der Waals surface area contributed by atoms with Crippen molar-refractivity contribution in [3.05, 3.63) is 70.1 Å². The van der Waals surface area contributed by atoms with E-state index < -0.39 is 0 Å². The lowest BCUT2D eigenvalue weighted by atomic mass is 9.87. The number of aromatic nitrogens is 2. The van der Waals surface area contributed by atoms with Crippen molar-refractivity contribution in [1.82, 2.24) is 14.7 Å². The highest BCUT2D eigenvalue weighted by Crippen LogP contribution is 2.25. The zero-order valence-corrected chi connectivity index (χ0v) is 17.8. The smallest absolute Gasteiger partial charge is 0.251 e. The summed E-state index contributed by atoms with van der Waals surface area (Å²) in [5, 5.41) is 3.01. The van der Waals surface area contributed by atoms with Crippen molar-refractivity contribution in [1.29, 1.82) is 0 Å². The maximum absolute atomic E-state index is 12.9. The first-order valence-electron chi connectivity index (χ1n) is 10.2. The van der Waals surface area contributed by atoms with Crippen LogP contribution in [0.25, 0.3) is 5.65 Å². The molecule has 1 aromatic carbocycles. The standard InChI is InChI=1S/C23H24BrN3O2/c24-19-7-4-14-27-20(15-26-22(19)27)21(28)17-8-10-18(11-9-17)23(29)25-13-12-16-5-2-1-3-6-16/h4,7-11,14-16H,1-3,5-6,12-13H2,(H,25,29). The van der Waals surface area contributed by atoms with Gasteiger partial charge in [0.25, 0.3) is 5.91 Å². The van der Waals surface area contributed by atoms with Gasteiger partial charge in [-0.1, -0.05) is 44.2 Å². The highest BCUT2D eigenvalue weighted by atomic mass is 79.9. The van der Waals surface area contributed by atoms with Crippen LogP contribution in [0.2, 0.25) is 0 Å². The second kappa shape index (κ2) is 8.91. The van der Waals surface area contributed by atoms with Crippen LogP contribution in [0, 0.1) is 5.92 Å². The van der Waals surface area contributed by atoms with Gasteiger partial charge < -0.3 is 5.32 Å². The molecule has 1 N–H and O–H groups in total. The predicted octanol–water partition coefficient (Wildman–Crippen LogP) is 5.03. The van der Waals surface area contributed by atoms with E-state index in [-0.39, 0.29) is 11.7 Å².